The molecule has 0 unspecified atom stereocenters. The zero-order valence-electron chi connectivity index (χ0n) is 6.57. The lowest BCUT2D eigenvalue weighted by molar-refractivity contribution is 1.30. The standard InChI is InChI=1S/C9H15/c1-5-6-9(4)7-8(2)3/h6-7H,1,5H2,2-4H3/b9-6+. The zero-order valence-corrected chi connectivity index (χ0v) is 6.57. The molecule has 0 aliphatic rings. The average Bonchev–Trinajstić information content (AvgIpc) is 1.63. The minimum absolute atomic E-state index is 0.885. The van der Waals surface area contributed by atoms with E-state index in [0.717, 1.165) is 6.42 Å². The maximum atomic E-state index is 3.73. The van der Waals surface area contributed by atoms with E-state index in [0.29, 0.717) is 0 Å². The number of hydrogen-bond donors (Lipinski definition) is 0. The Bertz CT molecular complexity index is 123. The molecular weight excluding hydrogens is 108 g/mol. The Hall–Kier alpha value is -0.520. The highest BCUT2D eigenvalue weighted by Crippen LogP contribution is 2.00. The Kier molecular flexibility index (Phi) is 4.12. The van der Waals surface area contributed by atoms with Gasteiger partial charge in [0.25, 0.3) is 0 Å². The summed E-state index contributed by atoms with van der Waals surface area (Å²) >= 11 is 0. The van der Waals surface area contributed by atoms with Gasteiger partial charge in [-0.15, -0.1) is 0 Å². The summed E-state index contributed by atoms with van der Waals surface area (Å²) in [5.41, 5.74) is 2.65. The molecule has 0 nitrogen and oxygen atoms in total. The first-order chi connectivity index (χ1) is 4.16. The molecule has 0 saturated heterocycles. The smallest absolute Gasteiger partial charge is 0.0345 e. The third-order valence-electron chi connectivity index (χ3n) is 0.983. The Morgan fingerprint density at radius 3 is 2.22 bits per heavy atom. The van der Waals surface area contributed by atoms with Crippen LogP contribution in [0.1, 0.15) is 27.2 Å². The molecule has 0 N–H and O–H groups in total. The Balaban J connectivity index is 3.90. The van der Waals surface area contributed by atoms with Crippen molar-refractivity contribution in [3.05, 3.63) is 30.2 Å². The van der Waals surface area contributed by atoms with Crippen molar-refractivity contribution in [2.45, 2.75) is 27.2 Å². The van der Waals surface area contributed by atoms with Gasteiger partial charge in [-0.25, -0.2) is 0 Å². The molecule has 0 spiro atoms. The molecule has 0 bridgehead atoms. The first-order valence-corrected chi connectivity index (χ1v) is 3.27. The second-order valence-electron chi connectivity index (χ2n) is 2.46. The van der Waals surface area contributed by atoms with Crippen LogP contribution in [0.3, 0.4) is 0 Å². The van der Waals surface area contributed by atoms with Crippen LogP contribution in [0.4, 0.5) is 0 Å². The third-order valence-corrected chi connectivity index (χ3v) is 0.983. The van der Waals surface area contributed by atoms with E-state index in [2.05, 4.69) is 39.8 Å². The second kappa shape index (κ2) is 4.37. The van der Waals surface area contributed by atoms with Crippen molar-refractivity contribution < 1.29 is 0 Å². The van der Waals surface area contributed by atoms with E-state index >= 15 is 0 Å². The van der Waals surface area contributed by atoms with E-state index in [1.54, 1.807) is 0 Å². The first-order valence-electron chi connectivity index (χ1n) is 3.27. The Labute approximate surface area is 58.3 Å². The molecule has 0 heteroatoms. The molecule has 0 fully saturated rings. The van der Waals surface area contributed by atoms with Crippen LogP contribution in [0.5, 0.6) is 0 Å². The lowest BCUT2D eigenvalue weighted by atomic mass is 10.2. The molecule has 0 aromatic carbocycles. The number of allylic oxidation sites excluding steroid dienone is 4. The number of rotatable bonds is 2. The van der Waals surface area contributed by atoms with Crippen LogP contribution in [0, 0.1) is 6.92 Å². The van der Waals surface area contributed by atoms with E-state index in [9.17, 15) is 0 Å². The predicted octanol–water partition coefficient (Wildman–Crippen LogP) is 3.12. The molecule has 0 atom stereocenters. The molecule has 0 aromatic heterocycles. The van der Waals surface area contributed by atoms with E-state index in [1.807, 2.05) is 0 Å². The molecule has 0 aliphatic heterocycles. The van der Waals surface area contributed by atoms with Gasteiger partial charge in [0.15, 0.2) is 0 Å². The molecule has 1 radical (unpaired) electrons. The molecule has 0 aliphatic carbocycles. The molecular formula is C9H15. The molecule has 0 aromatic rings. The van der Waals surface area contributed by atoms with E-state index in [4.69, 9.17) is 0 Å². The SMILES string of the molecule is [CH2]C/C=C(\C)C=C(C)C. The second-order valence-corrected chi connectivity index (χ2v) is 2.46. The van der Waals surface area contributed by atoms with Crippen LogP contribution in [0.15, 0.2) is 23.3 Å². The van der Waals surface area contributed by atoms with E-state index < -0.39 is 0 Å². The van der Waals surface area contributed by atoms with Crippen molar-refractivity contribution in [3.8, 4) is 0 Å². The molecule has 51 valence electrons. The Morgan fingerprint density at radius 1 is 1.33 bits per heavy atom. The van der Waals surface area contributed by atoms with E-state index in [-0.39, 0.29) is 0 Å². The minimum atomic E-state index is 0.885. The zero-order chi connectivity index (χ0) is 7.28. The van der Waals surface area contributed by atoms with Crippen molar-refractivity contribution >= 4 is 0 Å². The molecule has 0 saturated carbocycles. The third kappa shape index (κ3) is 5.35. The fourth-order valence-corrected chi connectivity index (χ4v) is 0.742. The van der Waals surface area contributed by atoms with Crippen molar-refractivity contribution in [2.24, 2.45) is 0 Å². The van der Waals surface area contributed by atoms with Gasteiger partial charge in [0.2, 0.25) is 0 Å². The monoisotopic (exact) mass is 123 g/mol. The van der Waals surface area contributed by atoms with Crippen molar-refractivity contribution in [3.63, 3.8) is 0 Å². The fraction of sp³-hybridized carbons (Fsp3) is 0.444. The summed E-state index contributed by atoms with van der Waals surface area (Å²) < 4.78 is 0. The highest BCUT2D eigenvalue weighted by molar-refractivity contribution is 5.19. The normalized spacial score (nSPS) is 11.3. The minimum Gasteiger partial charge on any atom is -0.0816 e. The summed E-state index contributed by atoms with van der Waals surface area (Å²) in [6.07, 6.45) is 5.16. The topological polar surface area (TPSA) is 0 Å². The van der Waals surface area contributed by atoms with E-state index in [1.165, 1.54) is 11.1 Å². The highest BCUT2D eigenvalue weighted by Gasteiger charge is 1.79. The largest absolute Gasteiger partial charge is 0.0816 e. The van der Waals surface area contributed by atoms with Crippen molar-refractivity contribution in [1.29, 1.82) is 0 Å². The summed E-state index contributed by atoms with van der Waals surface area (Å²) in [5.74, 6) is 0. The Morgan fingerprint density at radius 2 is 1.89 bits per heavy atom. The molecule has 9 heavy (non-hydrogen) atoms. The van der Waals surface area contributed by atoms with Gasteiger partial charge in [0, 0.05) is 0 Å². The first kappa shape index (κ1) is 8.48. The summed E-state index contributed by atoms with van der Waals surface area (Å²) in [4.78, 5) is 0. The van der Waals surface area contributed by atoms with Crippen molar-refractivity contribution in [2.75, 3.05) is 0 Å². The van der Waals surface area contributed by atoms with Gasteiger partial charge >= 0.3 is 0 Å². The lowest BCUT2D eigenvalue weighted by Gasteiger charge is -1.90. The molecule has 0 heterocycles. The van der Waals surface area contributed by atoms with Gasteiger partial charge in [0.05, 0.1) is 0 Å². The van der Waals surface area contributed by atoms with Gasteiger partial charge in [0.1, 0.15) is 0 Å². The predicted molar refractivity (Wildman–Crippen MR) is 43.2 cm³/mol. The average molecular weight is 123 g/mol. The van der Waals surface area contributed by atoms with Crippen molar-refractivity contribution in [1.82, 2.24) is 0 Å². The van der Waals surface area contributed by atoms with Crippen LogP contribution in [-0.2, 0) is 0 Å². The summed E-state index contributed by atoms with van der Waals surface area (Å²) in [5, 5.41) is 0. The summed E-state index contributed by atoms with van der Waals surface area (Å²) in [7, 11) is 0. The van der Waals surface area contributed by atoms with Gasteiger partial charge < -0.3 is 0 Å². The molecule has 0 amide bonds. The summed E-state index contributed by atoms with van der Waals surface area (Å²) in [6.45, 7) is 10.0. The van der Waals surface area contributed by atoms with Gasteiger partial charge in [-0.2, -0.15) is 0 Å². The highest BCUT2D eigenvalue weighted by atomic mass is 13.9. The van der Waals surface area contributed by atoms with Gasteiger partial charge in [-0.3, -0.25) is 0 Å². The maximum absolute atomic E-state index is 3.73. The van der Waals surface area contributed by atoms with Gasteiger partial charge in [-0.05, 0) is 34.1 Å². The maximum Gasteiger partial charge on any atom is -0.0345 e. The molecule has 0 rings (SSSR count). The quantitative estimate of drug-likeness (QED) is 0.495. The van der Waals surface area contributed by atoms with Crippen LogP contribution in [0.25, 0.3) is 0 Å². The van der Waals surface area contributed by atoms with Gasteiger partial charge in [-0.1, -0.05) is 23.3 Å². The van der Waals surface area contributed by atoms with Crippen LogP contribution >= 0.6 is 0 Å². The number of hydrogen-bond acceptors (Lipinski definition) is 0. The summed E-state index contributed by atoms with van der Waals surface area (Å²) in [6, 6.07) is 0. The van der Waals surface area contributed by atoms with Crippen LogP contribution in [-0.4, -0.2) is 0 Å². The van der Waals surface area contributed by atoms with Crippen LogP contribution in [0.2, 0.25) is 0 Å². The van der Waals surface area contributed by atoms with Crippen LogP contribution < -0.4 is 0 Å². The fourth-order valence-electron chi connectivity index (χ4n) is 0.742. The lowest BCUT2D eigenvalue weighted by Crippen LogP contribution is -1.69.